The third-order valence-electron chi connectivity index (χ3n) is 12.7. The van der Waals surface area contributed by atoms with E-state index in [0.29, 0.717) is 23.3 Å². The largest absolute Gasteiger partial charge is 0.333 e. The van der Waals surface area contributed by atoms with E-state index >= 15 is 0 Å². The molecule has 11 aromatic rings. The van der Waals surface area contributed by atoms with Crippen molar-refractivity contribution in [3.8, 4) is 45.4 Å². The fourth-order valence-electron chi connectivity index (χ4n) is 9.73. The van der Waals surface area contributed by atoms with Crippen LogP contribution in [0.15, 0.2) is 188 Å². The zero-order valence-corrected chi connectivity index (χ0v) is 36.2. The zero-order chi connectivity index (χ0) is 42.3. The van der Waals surface area contributed by atoms with Crippen molar-refractivity contribution < 1.29 is 0 Å². The number of anilines is 2. The highest BCUT2D eigenvalue weighted by molar-refractivity contribution is 7.26. The number of rotatable bonds is 6. The van der Waals surface area contributed by atoms with Crippen LogP contribution >= 0.6 is 22.7 Å². The molecule has 0 N–H and O–H groups in total. The van der Waals surface area contributed by atoms with E-state index in [4.69, 9.17) is 24.9 Å². The molecule has 0 saturated heterocycles. The minimum Gasteiger partial charge on any atom is -0.333 e. The summed E-state index contributed by atoms with van der Waals surface area (Å²) in [5.74, 6) is 2.74. The number of para-hydroxylation sites is 2. The van der Waals surface area contributed by atoms with E-state index in [1.807, 2.05) is 24.3 Å². The summed E-state index contributed by atoms with van der Waals surface area (Å²) >= 11 is 3.53. The standard InChI is InChI=1S/C56H36N6S2/c1-33-38(29-30-40-39-22-11-13-25-44(39)62(51(33)40)37-20-9-4-10-21-37)55-59-53(35-18-7-3-8-19-35)60-56(61-55)42-24-15-27-47-48(42)43-32-36(28-31-46(43)63-47)54-57-49(34-16-5-2-6-17-34)52-50(58-54)41-23-12-14-26-45(41)64-52/h2-33,51H,1H3. The Morgan fingerprint density at radius 2 is 1.09 bits per heavy atom. The highest BCUT2D eigenvalue weighted by atomic mass is 32.1. The molecule has 1 aliphatic carbocycles. The van der Waals surface area contributed by atoms with E-state index < -0.39 is 0 Å². The van der Waals surface area contributed by atoms with Crippen molar-refractivity contribution in [2.24, 2.45) is 5.92 Å². The number of fused-ring (bicyclic) bond motifs is 9. The molecule has 0 radical (unpaired) electrons. The van der Waals surface area contributed by atoms with Gasteiger partial charge < -0.3 is 4.90 Å². The van der Waals surface area contributed by atoms with Crippen LogP contribution in [0.3, 0.4) is 0 Å². The molecule has 7 aromatic carbocycles. The van der Waals surface area contributed by atoms with Gasteiger partial charge in [0, 0.05) is 80.9 Å². The van der Waals surface area contributed by atoms with Crippen molar-refractivity contribution >= 4 is 85.7 Å². The van der Waals surface area contributed by atoms with Gasteiger partial charge in [-0.3, -0.25) is 0 Å². The molecule has 0 spiro atoms. The molecule has 13 rings (SSSR count). The van der Waals surface area contributed by atoms with Gasteiger partial charge in [-0.05, 0) is 54.1 Å². The summed E-state index contributed by atoms with van der Waals surface area (Å²) < 4.78 is 4.64. The molecule has 0 saturated carbocycles. The van der Waals surface area contributed by atoms with Crippen molar-refractivity contribution in [3.63, 3.8) is 0 Å². The molecule has 8 heteroatoms. The van der Waals surface area contributed by atoms with Crippen LogP contribution < -0.4 is 4.90 Å². The van der Waals surface area contributed by atoms with Crippen LogP contribution in [0.5, 0.6) is 0 Å². The first kappa shape index (κ1) is 37.0. The SMILES string of the molecule is CC1C(c2nc(-c3ccccc3)nc(-c3cccc4sc5ccc(-c6nc(-c7ccccc7)c7sc8ccccc8c7n6)cc5c34)n2)=CC=C2c3ccccc3N(c3ccccc3)C21. The molecule has 1 aliphatic heterocycles. The molecule has 64 heavy (non-hydrogen) atoms. The lowest BCUT2D eigenvalue weighted by Gasteiger charge is -2.35. The molecule has 6 nitrogen and oxygen atoms in total. The third kappa shape index (κ3) is 5.87. The van der Waals surface area contributed by atoms with E-state index in [-0.39, 0.29) is 12.0 Å². The number of aromatic nitrogens is 5. The Kier molecular flexibility index (Phi) is 8.51. The zero-order valence-electron chi connectivity index (χ0n) is 34.6. The van der Waals surface area contributed by atoms with Crippen LogP contribution in [-0.4, -0.2) is 31.0 Å². The highest BCUT2D eigenvalue weighted by Gasteiger charge is 2.41. The average Bonchev–Trinajstić information content (AvgIpc) is 4.04. The van der Waals surface area contributed by atoms with Crippen LogP contribution in [0.1, 0.15) is 18.3 Å². The lowest BCUT2D eigenvalue weighted by Crippen LogP contribution is -2.35. The first-order chi connectivity index (χ1) is 31.6. The molecule has 5 heterocycles. The molecule has 2 aliphatic rings. The Bertz CT molecular complexity index is 3710. The van der Waals surface area contributed by atoms with Crippen molar-refractivity contribution in [1.82, 2.24) is 24.9 Å². The Labute approximate surface area is 377 Å². The van der Waals surface area contributed by atoms with Crippen molar-refractivity contribution in [3.05, 3.63) is 199 Å². The molecule has 0 bridgehead atoms. The van der Waals surface area contributed by atoms with Gasteiger partial charge in [0.2, 0.25) is 0 Å². The minimum atomic E-state index is 0.0604. The number of benzene rings is 7. The second kappa shape index (κ2) is 14.7. The van der Waals surface area contributed by atoms with E-state index in [0.717, 1.165) is 64.6 Å². The van der Waals surface area contributed by atoms with E-state index in [2.05, 4.69) is 176 Å². The van der Waals surface area contributed by atoms with Crippen LogP contribution in [0.25, 0.3) is 97.0 Å². The van der Waals surface area contributed by atoms with Crippen molar-refractivity contribution in [1.29, 1.82) is 0 Å². The average molecular weight is 857 g/mol. The quantitative estimate of drug-likeness (QED) is 0.166. The van der Waals surface area contributed by atoms with Crippen molar-refractivity contribution in [2.75, 3.05) is 4.90 Å². The maximum absolute atomic E-state index is 5.43. The number of nitrogens with zero attached hydrogens (tertiary/aromatic N) is 6. The highest BCUT2D eigenvalue weighted by Crippen LogP contribution is 2.51. The van der Waals surface area contributed by atoms with Gasteiger partial charge in [-0.15, -0.1) is 22.7 Å². The molecular weight excluding hydrogens is 821 g/mol. The van der Waals surface area contributed by atoms with Gasteiger partial charge in [0.25, 0.3) is 0 Å². The summed E-state index contributed by atoms with van der Waals surface area (Å²) in [4.78, 5) is 29.1. The van der Waals surface area contributed by atoms with E-state index in [1.54, 1.807) is 22.7 Å². The molecule has 2 unspecified atom stereocenters. The Morgan fingerprint density at radius 3 is 1.94 bits per heavy atom. The van der Waals surface area contributed by atoms with Crippen LogP contribution in [-0.2, 0) is 0 Å². The smallest absolute Gasteiger partial charge is 0.164 e. The van der Waals surface area contributed by atoms with Gasteiger partial charge in [0.15, 0.2) is 23.3 Å². The summed E-state index contributed by atoms with van der Waals surface area (Å²) in [5.41, 5.74) is 11.9. The maximum atomic E-state index is 5.43. The normalized spacial score (nSPS) is 15.7. The Hall–Kier alpha value is -7.65. The lowest BCUT2D eigenvalue weighted by atomic mass is 9.82. The molecule has 302 valence electrons. The number of allylic oxidation sites excluding steroid dienone is 2. The fraction of sp³-hybridized carbons (Fsp3) is 0.0536. The first-order valence-electron chi connectivity index (χ1n) is 21.5. The lowest BCUT2D eigenvalue weighted by molar-refractivity contribution is 0.648. The summed E-state index contributed by atoms with van der Waals surface area (Å²) in [5, 5.41) is 3.38. The summed E-state index contributed by atoms with van der Waals surface area (Å²) in [7, 11) is 0. The minimum absolute atomic E-state index is 0.0604. The Balaban J connectivity index is 0.985. The van der Waals surface area contributed by atoms with Crippen molar-refractivity contribution in [2.45, 2.75) is 13.0 Å². The molecule has 0 amide bonds. The van der Waals surface area contributed by atoms with Gasteiger partial charge in [-0.2, -0.15) is 0 Å². The van der Waals surface area contributed by atoms with Gasteiger partial charge in [-0.1, -0.05) is 146 Å². The third-order valence-corrected chi connectivity index (χ3v) is 15.0. The van der Waals surface area contributed by atoms with E-state index in [9.17, 15) is 0 Å². The number of hydrogen-bond donors (Lipinski definition) is 0. The monoisotopic (exact) mass is 856 g/mol. The topological polar surface area (TPSA) is 67.7 Å². The molecular formula is C56H36N6S2. The molecule has 2 atom stereocenters. The Morgan fingerprint density at radius 1 is 0.453 bits per heavy atom. The molecule has 0 fully saturated rings. The second-order valence-electron chi connectivity index (χ2n) is 16.4. The van der Waals surface area contributed by atoms with Crippen LogP contribution in [0.4, 0.5) is 11.4 Å². The fourth-order valence-corrected chi connectivity index (χ4v) is 12.0. The summed E-state index contributed by atoms with van der Waals surface area (Å²) in [6.45, 7) is 2.31. The predicted molar refractivity (Wildman–Crippen MR) is 267 cm³/mol. The summed E-state index contributed by atoms with van der Waals surface area (Å²) in [6.07, 6.45) is 4.52. The summed E-state index contributed by atoms with van der Waals surface area (Å²) in [6, 6.07) is 61.9. The van der Waals surface area contributed by atoms with E-state index in [1.165, 1.54) is 31.9 Å². The van der Waals surface area contributed by atoms with Gasteiger partial charge in [0.1, 0.15) is 0 Å². The van der Waals surface area contributed by atoms with Crippen LogP contribution in [0.2, 0.25) is 0 Å². The molecule has 4 aromatic heterocycles. The van der Waals surface area contributed by atoms with Gasteiger partial charge in [-0.25, -0.2) is 24.9 Å². The van der Waals surface area contributed by atoms with Gasteiger partial charge in [0.05, 0.1) is 22.0 Å². The number of thiophene rings is 2. The van der Waals surface area contributed by atoms with Gasteiger partial charge >= 0.3 is 0 Å². The maximum Gasteiger partial charge on any atom is 0.164 e. The predicted octanol–water partition coefficient (Wildman–Crippen LogP) is 14.7. The number of hydrogen-bond acceptors (Lipinski definition) is 8. The second-order valence-corrected chi connectivity index (χ2v) is 18.5. The van der Waals surface area contributed by atoms with Crippen LogP contribution in [0, 0.1) is 5.92 Å². The first-order valence-corrected chi connectivity index (χ1v) is 23.2.